The number of halogens is 2. The minimum Gasteiger partial charge on any atom is -0.497 e. The molecule has 2 aromatic rings. The van der Waals surface area contributed by atoms with E-state index >= 15 is 0 Å². The summed E-state index contributed by atoms with van der Waals surface area (Å²) in [4.78, 5) is 0. The second-order valence-corrected chi connectivity index (χ2v) is 5.36. The molecule has 2 rings (SSSR count). The van der Waals surface area contributed by atoms with Gasteiger partial charge in [0.15, 0.2) is 0 Å². The zero-order chi connectivity index (χ0) is 15.2. The summed E-state index contributed by atoms with van der Waals surface area (Å²) in [7, 11) is 3.28. The standard InChI is InChI=1S/C16H17Cl2NO2/c1-20-14-6-4-12(16(8-14)21-2)10-19-9-11-3-5-13(17)7-15(11)18/h3-8,19H,9-10H2,1-2H3. The zero-order valence-corrected chi connectivity index (χ0v) is 13.5. The molecule has 0 bridgehead atoms. The van der Waals surface area contributed by atoms with E-state index < -0.39 is 0 Å². The number of rotatable bonds is 6. The highest BCUT2D eigenvalue weighted by Crippen LogP contribution is 2.25. The number of benzene rings is 2. The first-order chi connectivity index (χ1) is 10.1. The first kappa shape index (κ1) is 16.0. The zero-order valence-electron chi connectivity index (χ0n) is 12.0. The number of methoxy groups -OCH3 is 2. The maximum Gasteiger partial charge on any atom is 0.127 e. The van der Waals surface area contributed by atoms with Gasteiger partial charge >= 0.3 is 0 Å². The summed E-state index contributed by atoms with van der Waals surface area (Å²) in [6.07, 6.45) is 0. The Hall–Kier alpha value is -1.42. The molecule has 21 heavy (non-hydrogen) atoms. The van der Waals surface area contributed by atoms with Crippen molar-refractivity contribution in [3.63, 3.8) is 0 Å². The van der Waals surface area contributed by atoms with Crippen LogP contribution in [0.15, 0.2) is 36.4 Å². The summed E-state index contributed by atoms with van der Waals surface area (Å²) < 4.78 is 10.5. The minimum atomic E-state index is 0.639. The molecular weight excluding hydrogens is 309 g/mol. The van der Waals surface area contributed by atoms with Crippen LogP contribution in [0, 0.1) is 0 Å². The van der Waals surface area contributed by atoms with Gasteiger partial charge < -0.3 is 14.8 Å². The third-order valence-corrected chi connectivity index (χ3v) is 3.73. The van der Waals surface area contributed by atoms with Gasteiger partial charge in [-0.15, -0.1) is 0 Å². The molecular formula is C16H17Cl2NO2. The van der Waals surface area contributed by atoms with Crippen molar-refractivity contribution in [1.29, 1.82) is 0 Å². The molecule has 0 fully saturated rings. The Bertz CT molecular complexity index is 617. The molecule has 0 aliphatic heterocycles. The largest absolute Gasteiger partial charge is 0.497 e. The first-order valence-electron chi connectivity index (χ1n) is 6.49. The fourth-order valence-corrected chi connectivity index (χ4v) is 2.47. The van der Waals surface area contributed by atoms with Crippen molar-refractivity contribution < 1.29 is 9.47 Å². The molecule has 0 heterocycles. The van der Waals surface area contributed by atoms with Gasteiger partial charge in [-0.05, 0) is 23.8 Å². The van der Waals surface area contributed by atoms with Crippen molar-refractivity contribution in [2.75, 3.05) is 14.2 Å². The molecule has 2 aromatic carbocycles. The Morgan fingerprint density at radius 1 is 0.905 bits per heavy atom. The molecule has 0 aromatic heterocycles. The van der Waals surface area contributed by atoms with E-state index in [4.69, 9.17) is 32.7 Å². The Kier molecular flexibility index (Phi) is 5.74. The van der Waals surface area contributed by atoms with Crippen molar-refractivity contribution >= 4 is 23.2 Å². The molecule has 0 radical (unpaired) electrons. The normalized spacial score (nSPS) is 10.5. The Balaban J connectivity index is 2.00. The summed E-state index contributed by atoms with van der Waals surface area (Å²) in [6, 6.07) is 11.3. The van der Waals surface area contributed by atoms with Crippen molar-refractivity contribution in [3.8, 4) is 11.5 Å². The molecule has 0 spiro atoms. The Labute approximate surface area is 134 Å². The lowest BCUT2D eigenvalue weighted by atomic mass is 10.1. The van der Waals surface area contributed by atoms with E-state index in [1.807, 2.05) is 30.3 Å². The first-order valence-corrected chi connectivity index (χ1v) is 7.25. The smallest absolute Gasteiger partial charge is 0.127 e. The molecule has 0 atom stereocenters. The van der Waals surface area contributed by atoms with Gasteiger partial charge in [-0.2, -0.15) is 0 Å². The second kappa shape index (κ2) is 7.55. The van der Waals surface area contributed by atoms with Gasteiger partial charge in [0.2, 0.25) is 0 Å². The fourth-order valence-electron chi connectivity index (χ4n) is 1.99. The van der Waals surface area contributed by atoms with Crippen molar-refractivity contribution in [2.45, 2.75) is 13.1 Å². The average Bonchev–Trinajstić information content (AvgIpc) is 2.49. The summed E-state index contributed by atoms with van der Waals surface area (Å²) in [6.45, 7) is 1.33. The lowest BCUT2D eigenvalue weighted by molar-refractivity contribution is 0.390. The van der Waals surface area contributed by atoms with E-state index in [1.165, 1.54) is 0 Å². The van der Waals surface area contributed by atoms with Crippen LogP contribution < -0.4 is 14.8 Å². The maximum absolute atomic E-state index is 6.14. The van der Waals surface area contributed by atoms with Crippen LogP contribution in [0.1, 0.15) is 11.1 Å². The summed E-state index contributed by atoms with van der Waals surface area (Å²) in [5.41, 5.74) is 2.07. The molecule has 112 valence electrons. The van der Waals surface area contributed by atoms with E-state index in [9.17, 15) is 0 Å². The average molecular weight is 326 g/mol. The van der Waals surface area contributed by atoms with E-state index in [2.05, 4.69) is 5.32 Å². The molecule has 5 heteroatoms. The van der Waals surface area contributed by atoms with Crippen LogP contribution in [-0.4, -0.2) is 14.2 Å². The summed E-state index contributed by atoms with van der Waals surface area (Å²) in [5.74, 6) is 1.57. The summed E-state index contributed by atoms with van der Waals surface area (Å²) >= 11 is 12.0. The molecule has 3 nitrogen and oxygen atoms in total. The van der Waals surface area contributed by atoms with Crippen molar-refractivity contribution in [2.24, 2.45) is 0 Å². The predicted octanol–water partition coefficient (Wildman–Crippen LogP) is 4.30. The van der Waals surface area contributed by atoms with Crippen molar-refractivity contribution in [1.82, 2.24) is 5.32 Å². The van der Waals surface area contributed by atoms with Crippen LogP contribution in [0.3, 0.4) is 0 Å². The third-order valence-electron chi connectivity index (χ3n) is 3.14. The van der Waals surface area contributed by atoms with Crippen LogP contribution >= 0.6 is 23.2 Å². The fraction of sp³-hybridized carbons (Fsp3) is 0.250. The Morgan fingerprint density at radius 2 is 1.62 bits per heavy atom. The molecule has 0 amide bonds. The Morgan fingerprint density at radius 3 is 2.29 bits per heavy atom. The molecule has 0 aliphatic rings. The molecule has 0 aliphatic carbocycles. The monoisotopic (exact) mass is 325 g/mol. The van der Waals surface area contributed by atoms with Gasteiger partial charge in [0.25, 0.3) is 0 Å². The van der Waals surface area contributed by atoms with Crippen LogP contribution in [0.25, 0.3) is 0 Å². The number of hydrogen-bond donors (Lipinski definition) is 1. The van der Waals surface area contributed by atoms with Gasteiger partial charge in [-0.1, -0.05) is 35.3 Å². The van der Waals surface area contributed by atoms with E-state index in [-0.39, 0.29) is 0 Å². The topological polar surface area (TPSA) is 30.5 Å². The van der Waals surface area contributed by atoms with Gasteiger partial charge in [-0.3, -0.25) is 0 Å². The lowest BCUT2D eigenvalue weighted by Gasteiger charge is -2.12. The van der Waals surface area contributed by atoms with E-state index in [0.717, 1.165) is 22.6 Å². The third kappa shape index (κ3) is 4.27. The molecule has 0 saturated heterocycles. The highest BCUT2D eigenvalue weighted by Gasteiger charge is 2.06. The predicted molar refractivity (Wildman–Crippen MR) is 86.6 cm³/mol. The van der Waals surface area contributed by atoms with E-state index in [1.54, 1.807) is 20.3 Å². The number of hydrogen-bond acceptors (Lipinski definition) is 3. The molecule has 1 N–H and O–H groups in total. The van der Waals surface area contributed by atoms with Crippen molar-refractivity contribution in [3.05, 3.63) is 57.6 Å². The van der Waals surface area contributed by atoms with Crippen LogP contribution in [0.5, 0.6) is 11.5 Å². The highest BCUT2D eigenvalue weighted by atomic mass is 35.5. The minimum absolute atomic E-state index is 0.639. The molecule has 0 unspecified atom stereocenters. The van der Waals surface area contributed by atoms with E-state index in [0.29, 0.717) is 23.1 Å². The van der Waals surface area contributed by atoms with Gasteiger partial charge in [0, 0.05) is 34.8 Å². The van der Waals surface area contributed by atoms with Gasteiger partial charge in [0.05, 0.1) is 14.2 Å². The quantitative estimate of drug-likeness (QED) is 0.858. The van der Waals surface area contributed by atoms with Gasteiger partial charge in [0.1, 0.15) is 11.5 Å². The second-order valence-electron chi connectivity index (χ2n) is 4.52. The summed E-state index contributed by atoms with van der Waals surface area (Å²) in [5, 5.41) is 4.65. The van der Waals surface area contributed by atoms with Crippen LogP contribution in [0.2, 0.25) is 10.0 Å². The SMILES string of the molecule is COc1ccc(CNCc2ccc(Cl)cc2Cl)c(OC)c1. The maximum atomic E-state index is 6.14. The van der Waals surface area contributed by atoms with Crippen LogP contribution in [0.4, 0.5) is 0 Å². The lowest BCUT2D eigenvalue weighted by Crippen LogP contribution is -2.13. The molecule has 0 saturated carbocycles. The van der Waals surface area contributed by atoms with Crippen LogP contribution in [-0.2, 0) is 13.1 Å². The number of nitrogens with one attached hydrogen (secondary N) is 1. The highest BCUT2D eigenvalue weighted by molar-refractivity contribution is 6.35. The number of ether oxygens (including phenoxy) is 2. The van der Waals surface area contributed by atoms with Gasteiger partial charge in [-0.25, -0.2) is 0 Å².